The Morgan fingerprint density at radius 2 is 0.769 bits per heavy atom. The molecule has 8 bridgehead atoms. The predicted molar refractivity (Wildman–Crippen MR) is 211 cm³/mol. The largest absolute Gasteiger partial charge is 0.354 e. The minimum atomic E-state index is -4.73. The zero-order chi connectivity index (χ0) is 35.2. The van der Waals surface area contributed by atoms with Crippen LogP contribution in [0.3, 0.4) is 0 Å². The molecule has 3 N–H and O–H groups in total. The fourth-order valence-electron chi connectivity index (χ4n) is 7.08. The van der Waals surface area contributed by atoms with E-state index in [-0.39, 0.29) is 10.6 Å². The molecule has 0 saturated carbocycles. The Morgan fingerprint density at radius 3 is 1.15 bits per heavy atom. The van der Waals surface area contributed by atoms with E-state index in [1.165, 1.54) is 6.08 Å². The standard InChI is InChI=1S/C44H30N4O3S/c49-52(50,51)39-27-38-42(30-17-9-3-10-18-30)36-24-23-34(46-36)40(28-13-5-1-6-14-28)32-21-22-33(45-32)41(29-15-7-2-8-16-29)35-25-26-37(47-35)43(44(39)48-38)31-19-11-4-12-20-31/h1-27,46-47H,(H,49,50,51). The molecule has 0 fully saturated rings. The topological polar surface area (TPSA) is 112 Å². The number of aromatic amines is 2. The average Bonchev–Trinajstić information content (AvgIpc) is 4.00. The Labute approximate surface area is 300 Å². The summed E-state index contributed by atoms with van der Waals surface area (Å²) in [4.78, 5) is 17.3. The molecule has 2 aliphatic rings. The van der Waals surface area contributed by atoms with Crippen LogP contribution in [0.4, 0.5) is 0 Å². The minimum absolute atomic E-state index is 0.135. The molecule has 250 valence electrons. The van der Waals surface area contributed by atoms with Crippen LogP contribution in [-0.4, -0.2) is 32.9 Å². The highest BCUT2D eigenvalue weighted by Crippen LogP contribution is 2.41. The van der Waals surface area contributed by atoms with Crippen molar-refractivity contribution in [3.05, 3.63) is 168 Å². The maximum absolute atomic E-state index is 13.3. The van der Waals surface area contributed by atoms with Gasteiger partial charge in [-0.25, -0.2) is 9.97 Å². The molecule has 3 aromatic heterocycles. The third kappa shape index (κ3) is 5.56. The van der Waals surface area contributed by atoms with Gasteiger partial charge < -0.3 is 9.97 Å². The molecule has 5 heterocycles. The molecule has 0 amide bonds. The summed E-state index contributed by atoms with van der Waals surface area (Å²) in [7, 11) is -4.73. The zero-order valence-electron chi connectivity index (χ0n) is 27.7. The van der Waals surface area contributed by atoms with Crippen molar-refractivity contribution in [2.45, 2.75) is 0 Å². The molecular formula is C44H30N4O3S. The smallest absolute Gasteiger partial charge is 0.296 e. The number of nitrogens with zero attached hydrogens (tertiary/aromatic N) is 2. The predicted octanol–water partition coefficient (Wildman–Crippen LogP) is 10.5. The molecule has 0 unspecified atom stereocenters. The summed E-state index contributed by atoms with van der Waals surface area (Å²) in [5.74, 6) is 0. The number of rotatable bonds is 5. The van der Waals surface area contributed by atoms with E-state index in [0.717, 1.165) is 61.3 Å². The number of hydrogen-bond acceptors (Lipinski definition) is 4. The van der Waals surface area contributed by atoms with Gasteiger partial charge in [-0.1, -0.05) is 121 Å². The number of H-pyrrole nitrogens is 2. The van der Waals surface area contributed by atoms with E-state index < -0.39 is 10.1 Å². The molecule has 7 nitrogen and oxygen atoms in total. The second-order valence-corrected chi connectivity index (χ2v) is 14.0. The number of hydrogen-bond donors (Lipinski definition) is 3. The summed E-state index contributed by atoms with van der Waals surface area (Å²) in [6.07, 6.45) is 5.55. The zero-order valence-corrected chi connectivity index (χ0v) is 28.5. The van der Waals surface area contributed by atoms with E-state index in [4.69, 9.17) is 9.97 Å². The summed E-state index contributed by atoms with van der Waals surface area (Å²) >= 11 is 0. The van der Waals surface area contributed by atoms with Gasteiger partial charge >= 0.3 is 0 Å². The highest BCUT2D eigenvalue weighted by Gasteiger charge is 2.28. The second kappa shape index (κ2) is 12.6. The van der Waals surface area contributed by atoms with Crippen molar-refractivity contribution in [3.63, 3.8) is 0 Å². The van der Waals surface area contributed by atoms with Crippen LogP contribution >= 0.6 is 0 Å². The van der Waals surface area contributed by atoms with E-state index in [1.807, 2.05) is 140 Å². The van der Waals surface area contributed by atoms with Crippen LogP contribution in [0.25, 0.3) is 89.7 Å². The minimum Gasteiger partial charge on any atom is -0.354 e. The molecule has 0 atom stereocenters. The SMILES string of the molecule is O=S(=O)(O)C1=Cc2nc1c(-c1ccccc1)c1ccc([nH]1)c(-c1ccccc1)c1nc(c(-c3ccccc3)c3ccc([nH]3)c2-c2ccccc2)C=C1. The van der Waals surface area contributed by atoms with Crippen LogP contribution in [-0.2, 0) is 10.1 Å². The van der Waals surface area contributed by atoms with Gasteiger partial charge in [0.2, 0.25) is 0 Å². The first-order chi connectivity index (χ1) is 25.4. The Bertz CT molecular complexity index is 2840. The van der Waals surface area contributed by atoms with Crippen LogP contribution in [0.15, 0.2) is 146 Å². The number of fused-ring (bicyclic) bond motifs is 8. The normalized spacial score (nSPS) is 12.5. The lowest BCUT2D eigenvalue weighted by Gasteiger charge is -2.08. The van der Waals surface area contributed by atoms with Crippen LogP contribution in [0, 0.1) is 0 Å². The third-order valence-corrected chi connectivity index (χ3v) is 10.2. The van der Waals surface area contributed by atoms with E-state index in [1.54, 1.807) is 0 Å². The molecule has 0 spiro atoms. The van der Waals surface area contributed by atoms with Crippen LogP contribution in [0.1, 0.15) is 22.8 Å². The fourth-order valence-corrected chi connectivity index (χ4v) is 7.73. The molecule has 0 radical (unpaired) electrons. The Balaban J connectivity index is 1.53. The lowest BCUT2D eigenvalue weighted by molar-refractivity contribution is 0.496. The number of aromatic nitrogens is 4. The van der Waals surface area contributed by atoms with Crippen molar-refractivity contribution in [3.8, 4) is 44.5 Å². The van der Waals surface area contributed by atoms with Crippen molar-refractivity contribution >= 4 is 55.3 Å². The van der Waals surface area contributed by atoms with E-state index in [0.29, 0.717) is 22.3 Å². The van der Waals surface area contributed by atoms with E-state index >= 15 is 0 Å². The third-order valence-electron chi connectivity index (χ3n) is 9.36. The molecule has 9 rings (SSSR count). The first-order valence-electron chi connectivity index (χ1n) is 16.8. The summed E-state index contributed by atoms with van der Waals surface area (Å²) in [5.41, 5.74) is 11.5. The van der Waals surface area contributed by atoms with Gasteiger partial charge in [-0.2, -0.15) is 8.42 Å². The molecule has 8 heteroatoms. The van der Waals surface area contributed by atoms with Gasteiger partial charge in [0.25, 0.3) is 10.1 Å². The first kappa shape index (κ1) is 31.4. The Hall–Kier alpha value is -6.61. The molecular weight excluding hydrogens is 665 g/mol. The highest BCUT2D eigenvalue weighted by atomic mass is 32.2. The maximum Gasteiger partial charge on any atom is 0.296 e. The van der Waals surface area contributed by atoms with Crippen molar-refractivity contribution in [1.29, 1.82) is 0 Å². The Kier molecular flexibility index (Phi) is 7.61. The number of nitrogens with one attached hydrogen (secondary N) is 2. The van der Waals surface area contributed by atoms with Gasteiger partial charge in [-0.3, -0.25) is 4.55 Å². The van der Waals surface area contributed by atoms with Crippen molar-refractivity contribution in [1.82, 2.24) is 19.9 Å². The van der Waals surface area contributed by atoms with Crippen molar-refractivity contribution < 1.29 is 13.0 Å². The summed E-state index contributed by atoms with van der Waals surface area (Å²) in [6.45, 7) is 0. The highest BCUT2D eigenvalue weighted by molar-refractivity contribution is 7.95. The maximum atomic E-state index is 13.3. The van der Waals surface area contributed by atoms with Crippen molar-refractivity contribution in [2.75, 3.05) is 0 Å². The average molecular weight is 695 g/mol. The van der Waals surface area contributed by atoms with Gasteiger partial charge in [-0.05, 0) is 64.7 Å². The van der Waals surface area contributed by atoms with Crippen LogP contribution in [0.5, 0.6) is 0 Å². The monoisotopic (exact) mass is 694 g/mol. The van der Waals surface area contributed by atoms with Crippen LogP contribution in [0.2, 0.25) is 0 Å². The summed E-state index contributed by atoms with van der Waals surface area (Å²) in [6, 6.07) is 47.3. The summed E-state index contributed by atoms with van der Waals surface area (Å²) < 4.78 is 37.3. The summed E-state index contributed by atoms with van der Waals surface area (Å²) in [5, 5.41) is 0. The lowest BCUT2D eigenvalue weighted by atomic mass is 10.0. The Morgan fingerprint density at radius 1 is 0.423 bits per heavy atom. The van der Waals surface area contributed by atoms with Gasteiger partial charge in [0, 0.05) is 44.3 Å². The molecule has 2 aliphatic heterocycles. The van der Waals surface area contributed by atoms with E-state index in [2.05, 4.69) is 28.2 Å². The van der Waals surface area contributed by atoms with E-state index in [9.17, 15) is 13.0 Å². The molecule has 52 heavy (non-hydrogen) atoms. The quantitative estimate of drug-likeness (QED) is 0.155. The lowest BCUT2D eigenvalue weighted by Crippen LogP contribution is -2.01. The van der Waals surface area contributed by atoms with Gasteiger partial charge in [0.15, 0.2) is 0 Å². The van der Waals surface area contributed by atoms with Crippen molar-refractivity contribution in [2.24, 2.45) is 0 Å². The molecule has 0 saturated heterocycles. The molecule has 4 aromatic carbocycles. The first-order valence-corrected chi connectivity index (χ1v) is 18.3. The van der Waals surface area contributed by atoms with Gasteiger partial charge in [0.05, 0.1) is 22.8 Å². The fraction of sp³-hybridized carbons (Fsp3) is 0. The van der Waals surface area contributed by atoms with Gasteiger partial charge in [-0.15, -0.1) is 0 Å². The van der Waals surface area contributed by atoms with Gasteiger partial charge in [0.1, 0.15) is 4.91 Å². The molecule has 7 aromatic rings. The number of benzene rings is 4. The van der Waals surface area contributed by atoms with Crippen LogP contribution < -0.4 is 0 Å². The molecule has 0 aliphatic carbocycles. The second-order valence-electron chi connectivity index (χ2n) is 12.6.